The van der Waals surface area contributed by atoms with Crippen LogP contribution >= 0.6 is 23.1 Å². The summed E-state index contributed by atoms with van der Waals surface area (Å²) in [5, 5.41) is 3.41. The van der Waals surface area contributed by atoms with Gasteiger partial charge >= 0.3 is 0 Å². The van der Waals surface area contributed by atoms with Gasteiger partial charge in [0.15, 0.2) is 0 Å². The first-order valence-corrected chi connectivity index (χ1v) is 6.14. The van der Waals surface area contributed by atoms with Crippen molar-refractivity contribution in [2.75, 3.05) is 12.0 Å². The zero-order valence-electron chi connectivity index (χ0n) is 7.63. The molecule has 0 fully saturated rings. The van der Waals surface area contributed by atoms with Gasteiger partial charge in [-0.2, -0.15) is 0 Å². The van der Waals surface area contributed by atoms with Crippen LogP contribution in [0.1, 0.15) is 5.56 Å². The number of rotatable bonds is 1. The minimum absolute atomic E-state index is 0.933. The molecule has 0 unspecified atom stereocenters. The fourth-order valence-corrected chi connectivity index (χ4v) is 3.24. The molecule has 0 amide bonds. The number of fused-ring (bicyclic) bond motifs is 1. The molecule has 0 saturated carbocycles. The minimum atomic E-state index is 0.933. The lowest BCUT2D eigenvalue weighted by molar-refractivity contribution is 1.49. The third-order valence-electron chi connectivity index (χ3n) is 2.18. The Morgan fingerprint density at radius 2 is 2.15 bits per heavy atom. The van der Waals surface area contributed by atoms with Gasteiger partial charge in [0.2, 0.25) is 0 Å². The third-order valence-corrected chi connectivity index (χ3v) is 4.04. The summed E-state index contributed by atoms with van der Waals surface area (Å²) in [5.74, 6) is 0. The van der Waals surface area contributed by atoms with Crippen molar-refractivity contribution >= 4 is 38.9 Å². The van der Waals surface area contributed by atoms with Gasteiger partial charge < -0.3 is 5.73 Å². The molecule has 68 valence electrons. The van der Waals surface area contributed by atoms with Crippen molar-refractivity contribution in [1.29, 1.82) is 0 Å². The number of benzene rings is 1. The maximum absolute atomic E-state index is 6.03. The highest BCUT2D eigenvalue weighted by Crippen LogP contribution is 2.37. The van der Waals surface area contributed by atoms with Crippen molar-refractivity contribution in [3.05, 3.63) is 23.1 Å². The molecule has 0 bridgehead atoms. The molecule has 1 heterocycles. The van der Waals surface area contributed by atoms with Crippen molar-refractivity contribution in [3.8, 4) is 0 Å². The summed E-state index contributed by atoms with van der Waals surface area (Å²) in [5.41, 5.74) is 8.13. The van der Waals surface area contributed by atoms with E-state index in [9.17, 15) is 0 Å². The van der Waals surface area contributed by atoms with Gasteiger partial charge in [-0.25, -0.2) is 0 Å². The van der Waals surface area contributed by atoms with Crippen LogP contribution in [0.4, 0.5) is 5.69 Å². The molecule has 3 heteroatoms. The average Bonchev–Trinajstić information content (AvgIpc) is 2.55. The molecule has 13 heavy (non-hydrogen) atoms. The van der Waals surface area contributed by atoms with Crippen molar-refractivity contribution in [2.45, 2.75) is 11.8 Å². The van der Waals surface area contributed by atoms with Gasteiger partial charge in [0, 0.05) is 26.0 Å². The van der Waals surface area contributed by atoms with Crippen LogP contribution in [0.5, 0.6) is 0 Å². The van der Waals surface area contributed by atoms with E-state index in [4.69, 9.17) is 5.73 Å². The molecule has 0 spiro atoms. The molecule has 2 aromatic rings. The Kier molecular flexibility index (Phi) is 2.22. The maximum atomic E-state index is 6.03. The summed E-state index contributed by atoms with van der Waals surface area (Å²) in [6.45, 7) is 2.05. The monoisotopic (exact) mass is 209 g/mol. The lowest BCUT2D eigenvalue weighted by Gasteiger charge is -2.02. The fraction of sp³-hybridized carbons (Fsp3) is 0.200. The van der Waals surface area contributed by atoms with Crippen LogP contribution in [0.3, 0.4) is 0 Å². The Morgan fingerprint density at radius 3 is 2.85 bits per heavy atom. The van der Waals surface area contributed by atoms with Crippen LogP contribution in [-0.2, 0) is 0 Å². The standard InChI is InChI=1S/C10H11NS2/c1-6-3-4-7-9(10(6)11)8(12-2)5-13-7/h3-5H,11H2,1-2H3. The molecule has 0 aliphatic rings. The number of nitrogen functional groups attached to an aromatic ring is 1. The second kappa shape index (κ2) is 3.24. The van der Waals surface area contributed by atoms with Gasteiger partial charge in [0.25, 0.3) is 0 Å². The van der Waals surface area contributed by atoms with Crippen LogP contribution in [0.25, 0.3) is 10.1 Å². The van der Waals surface area contributed by atoms with Gasteiger partial charge in [-0.3, -0.25) is 0 Å². The van der Waals surface area contributed by atoms with Crippen LogP contribution in [0.2, 0.25) is 0 Å². The summed E-state index contributed by atoms with van der Waals surface area (Å²) >= 11 is 3.52. The number of thioether (sulfide) groups is 1. The van der Waals surface area contributed by atoms with E-state index in [1.54, 1.807) is 23.1 Å². The van der Waals surface area contributed by atoms with E-state index in [-0.39, 0.29) is 0 Å². The highest BCUT2D eigenvalue weighted by Gasteiger charge is 2.07. The summed E-state index contributed by atoms with van der Waals surface area (Å²) in [4.78, 5) is 1.29. The Bertz CT molecular complexity index is 445. The first-order valence-electron chi connectivity index (χ1n) is 4.04. The van der Waals surface area contributed by atoms with Crippen molar-refractivity contribution in [1.82, 2.24) is 0 Å². The van der Waals surface area contributed by atoms with E-state index >= 15 is 0 Å². The molecular formula is C10H11NS2. The van der Waals surface area contributed by atoms with Crippen LogP contribution in [0, 0.1) is 6.92 Å². The molecule has 0 aliphatic heterocycles. The van der Waals surface area contributed by atoms with Crippen molar-refractivity contribution < 1.29 is 0 Å². The third kappa shape index (κ3) is 1.32. The molecular weight excluding hydrogens is 198 g/mol. The molecule has 0 saturated heterocycles. The Morgan fingerprint density at radius 1 is 1.38 bits per heavy atom. The average molecular weight is 209 g/mol. The lowest BCUT2D eigenvalue weighted by Crippen LogP contribution is -1.89. The number of nitrogens with two attached hydrogens (primary N) is 1. The molecule has 2 rings (SSSR count). The van der Waals surface area contributed by atoms with Crippen LogP contribution in [0.15, 0.2) is 22.4 Å². The van der Waals surface area contributed by atoms with Crippen LogP contribution in [-0.4, -0.2) is 6.26 Å². The Labute approximate surface area is 85.9 Å². The molecule has 0 atom stereocenters. The van der Waals surface area contributed by atoms with E-state index in [1.807, 2.05) is 0 Å². The van der Waals surface area contributed by atoms with E-state index in [1.165, 1.54) is 20.5 Å². The molecule has 1 aromatic carbocycles. The largest absolute Gasteiger partial charge is 0.398 e. The zero-order chi connectivity index (χ0) is 9.42. The SMILES string of the molecule is CSc1csc2ccc(C)c(N)c12. The van der Waals surface area contributed by atoms with Gasteiger partial charge in [-0.05, 0) is 24.8 Å². The molecule has 2 N–H and O–H groups in total. The predicted molar refractivity (Wildman–Crippen MR) is 62.8 cm³/mol. The summed E-state index contributed by atoms with van der Waals surface area (Å²) in [6.07, 6.45) is 2.09. The van der Waals surface area contributed by atoms with Gasteiger partial charge in [0.05, 0.1) is 0 Å². The molecule has 1 nitrogen and oxygen atoms in total. The summed E-state index contributed by atoms with van der Waals surface area (Å²) in [6, 6.07) is 4.23. The van der Waals surface area contributed by atoms with E-state index < -0.39 is 0 Å². The van der Waals surface area contributed by atoms with Crippen molar-refractivity contribution in [3.63, 3.8) is 0 Å². The lowest BCUT2D eigenvalue weighted by atomic mass is 10.1. The highest BCUT2D eigenvalue weighted by molar-refractivity contribution is 7.99. The van der Waals surface area contributed by atoms with Gasteiger partial charge in [-0.15, -0.1) is 23.1 Å². The minimum Gasteiger partial charge on any atom is -0.398 e. The number of thiophene rings is 1. The predicted octanol–water partition coefficient (Wildman–Crippen LogP) is 3.51. The van der Waals surface area contributed by atoms with Gasteiger partial charge in [0.1, 0.15) is 0 Å². The number of hydrogen-bond donors (Lipinski definition) is 1. The number of hydrogen-bond acceptors (Lipinski definition) is 3. The highest BCUT2D eigenvalue weighted by atomic mass is 32.2. The summed E-state index contributed by atoms with van der Waals surface area (Å²) < 4.78 is 1.28. The Balaban J connectivity index is 2.85. The first-order chi connectivity index (χ1) is 6.24. The number of aryl methyl sites for hydroxylation is 1. The first kappa shape index (κ1) is 8.91. The second-order valence-electron chi connectivity index (χ2n) is 2.97. The molecule has 0 aliphatic carbocycles. The quantitative estimate of drug-likeness (QED) is 0.574. The topological polar surface area (TPSA) is 26.0 Å². The van der Waals surface area contributed by atoms with Crippen LogP contribution < -0.4 is 5.73 Å². The molecule has 0 radical (unpaired) electrons. The summed E-state index contributed by atoms with van der Waals surface area (Å²) in [7, 11) is 0. The van der Waals surface area contributed by atoms with E-state index in [2.05, 4.69) is 30.7 Å². The van der Waals surface area contributed by atoms with E-state index in [0.29, 0.717) is 0 Å². The smallest absolute Gasteiger partial charge is 0.0443 e. The van der Waals surface area contributed by atoms with Crippen molar-refractivity contribution in [2.24, 2.45) is 0 Å². The fourth-order valence-electron chi connectivity index (χ4n) is 1.38. The Hall–Kier alpha value is -0.670. The van der Waals surface area contributed by atoms with E-state index in [0.717, 1.165) is 5.69 Å². The van der Waals surface area contributed by atoms with Gasteiger partial charge in [-0.1, -0.05) is 6.07 Å². The second-order valence-corrected chi connectivity index (χ2v) is 4.73. The number of anilines is 1. The zero-order valence-corrected chi connectivity index (χ0v) is 9.26. The molecule has 1 aromatic heterocycles. The maximum Gasteiger partial charge on any atom is 0.0443 e. The normalized spacial score (nSPS) is 10.9.